The zero-order chi connectivity index (χ0) is 9.99. The van der Waals surface area contributed by atoms with Gasteiger partial charge in [0.15, 0.2) is 0 Å². The van der Waals surface area contributed by atoms with Crippen molar-refractivity contribution in [3.05, 3.63) is 0 Å². The molecule has 70 valence electrons. The molecule has 0 aliphatic carbocycles. The Labute approximate surface area is 70.1 Å². The van der Waals surface area contributed by atoms with Crippen LogP contribution in [0.15, 0.2) is 0 Å². The number of halogens is 3. The monoisotopic (exact) mass is 179 g/mol. The lowest BCUT2D eigenvalue weighted by atomic mass is 9.90. The number of rotatable bonds is 1. The van der Waals surface area contributed by atoms with Crippen LogP contribution in [0.1, 0.15) is 20.8 Å². The van der Waals surface area contributed by atoms with Gasteiger partial charge in [-0.1, -0.05) is 19.8 Å². The predicted molar refractivity (Wildman–Crippen MR) is 41.3 cm³/mol. The highest BCUT2D eigenvalue weighted by atomic mass is 19.4. The first-order valence-corrected chi connectivity index (χ1v) is 3.55. The molecule has 0 fully saturated rings. The lowest BCUT2D eigenvalue weighted by Gasteiger charge is -2.22. The molecule has 0 aromatic carbocycles. The van der Waals surface area contributed by atoms with E-state index in [1.165, 1.54) is 12.8 Å². The van der Waals surface area contributed by atoms with E-state index in [-0.39, 0.29) is 5.92 Å². The molecule has 0 aliphatic heterocycles. The van der Waals surface area contributed by atoms with Gasteiger partial charge in [0.2, 0.25) is 0 Å². The molecule has 0 saturated heterocycles. The normalized spacial score (nSPS) is 16.7. The van der Waals surface area contributed by atoms with E-state index in [1.807, 2.05) is 5.92 Å². The van der Waals surface area contributed by atoms with Gasteiger partial charge in [-0.15, -0.1) is 0 Å². The Hall–Kier alpha value is -0.690. The molecule has 0 amide bonds. The van der Waals surface area contributed by atoms with Gasteiger partial charge in [0.25, 0.3) is 0 Å². The van der Waals surface area contributed by atoms with E-state index in [4.69, 9.17) is 5.73 Å². The van der Waals surface area contributed by atoms with E-state index in [2.05, 4.69) is 0 Å². The van der Waals surface area contributed by atoms with Crippen molar-refractivity contribution in [2.45, 2.75) is 32.5 Å². The van der Waals surface area contributed by atoms with Crippen LogP contribution in [-0.4, -0.2) is 11.7 Å². The summed E-state index contributed by atoms with van der Waals surface area (Å²) in [6.45, 7) is 4.94. The standard InChI is InChI=1S/C8H12F3N/c1-6(2)7(3,12)4-5-8(9,10)11/h6H,12H2,1-3H3/t7-/m0/s1. The van der Waals surface area contributed by atoms with Crippen LogP contribution in [0.5, 0.6) is 0 Å². The highest BCUT2D eigenvalue weighted by molar-refractivity contribution is 5.18. The zero-order valence-corrected chi connectivity index (χ0v) is 7.29. The summed E-state index contributed by atoms with van der Waals surface area (Å²) in [6.07, 6.45) is -4.45. The van der Waals surface area contributed by atoms with Gasteiger partial charge < -0.3 is 5.73 Å². The molecule has 1 nitrogen and oxygen atoms in total. The molecule has 0 saturated carbocycles. The third kappa shape index (κ3) is 4.24. The Morgan fingerprint density at radius 1 is 1.17 bits per heavy atom. The Kier molecular flexibility index (Phi) is 3.17. The van der Waals surface area contributed by atoms with Gasteiger partial charge >= 0.3 is 6.18 Å². The fourth-order valence-corrected chi connectivity index (χ4v) is 0.350. The summed E-state index contributed by atoms with van der Waals surface area (Å²) < 4.78 is 34.9. The Balaban J connectivity index is 4.50. The van der Waals surface area contributed by atoms with Gasteiger partial charge in [-0.25, -0.2) is 0 Å². The van der Waals surface area contributed by atoms with Gasteiger partial charge in [-0.3, -0.25) is 0 Å². The molecule has 0 bridgehead atoms. The molecular formula is C8H12F3N. The fraction of sp³-hybridized carbons (Fsp3) is 0.750. The summed E-state index contributed by atoms with van der Waals surface area (Å²) in [7, 11) is 0. The number of hydrogen-bond donors (Lipinski definition) is 1. The van der Waals surface area contributed by atoms with Gasteiger partial charge in [0.05, 0.1) is 5.54 Å². The van der Waals surface area contributed by atoms with E-state index >= 15 is 0 Å². The summed E-state index contributed by atoms with van der Waals surface area (Å²) in [5.41, 5.74) is 4.42. The maximum atomic E-state index is 11.6. The molecule has 0 aliphatic rings. The molecular weight excluding hydrogens is 167 g/mol. The zero-order valence-electron chi connectivity index (χ0n) is 7.29. The van der Waals surface area contributed by atoms with Crippen LogP contribution in [0.4, 0.5) is 13.2 Å². The topological polar surface area (TPSA) is 26.0 Å². The summed E-state index contributed by atoms with van der Waals surface area (Å²) in [5, 5.41) is 0. The largest absolute Gasteiger partial charge is 0.457 e. The Morgan fingerprint density at radius 3 is 1.83 bits per heavy atom. The van der Waals surface area contributed by atoms with Gasteiger partial charge in [-0.05, 0) is 12.8 Å². The molecule has 0 unspecified atom stereocenters. The minimum Gasteiger partial charge on any atom is -0.315 e. The van der Waals surface area contributed by atoms with E-state index in [1.54, 1.807) is 13.8 Å². The second-order valence-electron chi connectivity index (χ2n) is 3.19. The van der Waals surface area contributed by atoms with Gasteiger partial charge in [0, 0.05) is 5.92 Å². The molecule has 1 atom stereocenters. The quantitative estimate of drug-likeness (QED) is 0.611. The van der Waals surface area contributed by atoms with Crippen LogP contribution in [0, 0.1) is 17.8 Å². The summed E-state index contributed by atoms with van der Waals surface area (Å²) in [5.74, 6) is 3.07. The highest BCUT2D eigenvalue weighted by Gasteiger charge is 2.26. The van der Waals surface area contributed by atoms with E-state index in [0.29, 0.717) is 0 Å². The summed E-state index contributed by atoms with van der Waals surface area (Å²) in [6, 6.07) is 0. The maximum Gasteiger partial charge on any atom is 0.457 e. The highest BCUT2D eigenvalue weighted by Crippen LogP contribution is 2.15. The second kappa shape index (κ2) is 3.36. The number of hydrogen-bond acceptors (Lipinski definition) is 1. The fourth-order valence-electron chi connectivity index (χ4n) is 0.350. The van der Waals surface area contributed by atoms with Crippen molar-refractivity contribution in [1.82, 2.24) is 0 Å². The molecule has 4 heteroatoms. The van der Waals surface area contributed by atoms with Crippen molar-refractivity contribution in [1.29, 1.82) is 0 Å². The first-order chi connectivity index (χ1) is 5.15. The molecule has 0 heterocycles. The second-order valence-corrected chi connectivity index (χ2v) is 3.19. The van der Waals surface area contributed by atoms with E-state index in [9.17, 15) is 13.2 Å². The molecule has 0 aromatic rings. The number of nitrogens with two attached hydrogens (primary N) is 1. The third-order valence-corrected chi connectivity index (χ3v) is 1.67. The van der Waals surface area contributed by atoms with Crippen molar-refractivity contribution >= 4 is 0 Å². The Bertz CT molecular complexity index is 205. The SMILES string of the molecule is CC(C)[C@@](C)(N)C#CC(F)(F)F. The number of alkyl halides is 3. The van der Waals surface area contributed by atoms with Crippen molar-refractivity contribution in [3.63, 3.8) is 0 Å². The van der Waals surface area contributed by atoms with Gasteiger partial charge in [-0.2, -0.15) is 13.2 Å². The lowest BCUT2D eigenvalue weighted by molar-refractivity contribution is -0.0699. The smallest absolute Gasteiger partial charge is 0.315 e. The predicted octanol–water partition coefficient (Wildman–Crippen LogP) is 1.93. The molecule has 12 heavy (non-hydrogen) atoms. The average molecular weight is 179 g/mol. The van der Waals surface area contributed by atoms with Crippen molar-refractivity contribution < 1.29 is 13.2 Å². The van der Waals surface area contributed by atoms with Crippen LogP contribution in [0.2, 0.25) is 0 Å². The molecule has 0 radical (unpaired) electrons. The molecule has 0 aromatic heterocycles. The summed E-state index contributed by atoms with van der Waals surface area (Å²) >= 11 is 0. The summed E-state index contributed by atoms with van der Waals surface area (Å²) in [4.78, 5) is 0. The molecule has 0 rings (SSSR count). The minimum atomic E-state index is -4.45. The van der Waals surface area contributed by atoms with Gasteiger partial charge in [0.1, 0.15) is 0 Å². The minimum absolute atomic E-state index is 0.104. The van der Waals surface area contributed by atoms with Crippen molar-refractivity contribution in [2.75, 3.05) is 0 Å². The van der Waals surface area contributed by atoms with Crippen molar-refractivity contribution in [2.24, 2.45) is 11.7 Å². The van der Waals surface area contributed by atoms with Crippen molar-refractivity contribution in [3.8, 4) is 11.8 Å². The lowest BCUT2D eigenvalue weighted by Crippen LogP contribution is -2.40. The van der Waals surface area contributed by atoms with Crippen LogP contribution >= 0.6 is 0 Å². The Morgan fingerprint density at radius 2 is 1.58 bits per heavy atom. The van der Waals surface area contributed by atoms with E-state index in [0.717, 1.165) is 0 Å². The molecule has 2 N–H and O–H groups in total. The molecule has 0 spiro atoms. The first kappa shape index (κ1) is 11.3. The van der Waals surface area contributed by atoms with Crippen LogP contribution in [0.3, 0.4) is 0 Å². The van der Waals surface area contributed by atoms with Crippen LogP contribution in [0.25, 0.3) is 0 Å². The van der Waals surface area contributed by atoms with E-state index < -0.39 is 11.7 Å². The van der Waals surface area contributed by atoms with Crippen LogP contribution < -0.4 is 5.73 Å². The third-order valence-electron chi connectivity index (χ3n) is 1.67. The first-order valence-electron chi connectivity index (χ1n) is 3.55. The maximum absolute atomic E-state index is 11.6. The average Bonchev–Trinajstić information content (AvgIpc) is 1.82. The van der Waals surface area contributed by atoms with Crippen LogP contribution in [-0.2, 0) is 0 Å².